The van der Waals surface area contributed by atoms with Crippen molar-refractivity contribution in [2.45, 2.75) is 32.7 Å². The predicted molar refractivity (Wildman–Crippen MR) is 62.4 cm³/mol. The molecule has 0 aliphatic heterocycles. The quantitative estimate of drug-likeness (QED) is 0.774. The van der Waals surface area contributed by atoms with Crippen molar-refractivity contribution in [2.75, 3.05) is 6.54 Å². The second-order valence-corrected chi connectivity index (χ2v) is 3.88. The van der Waals surface area contributed by atoms with E-state index in [0.29, 0.717) is 11.1 Å². The topological polar surface area (TPSA) is 35.8 Å². The molecule has 0 aliphatic carbocycles. The number of hydrogen-bond acceptors (Lipinski definition) is 2. The smallest absolute Gasteiger partial charge is 0.129 e. The summed E-state index contributed by atoms with van der Waals surface area (Å²) in [4.78, 5) is 0. The Morgan fingerprint density at radius 1 is 1.50 bits per heavy atom. The van der Waals surface area contributed by atoms with Crippen molar-refractivity contribution in [1.82, 2.24) is 5.32 Å². The van der Waals surface area contributed by atoms with E-state index in [4.69, 9.17) is 5.26 Å². The first-order valence-electron chi connectivity index (χ1n) is 5.62. The van der Waals surface area contributed by atoms with Gasteiger partial charge in [0.05, 0.1) is 11.6 Å². The van der Waals surface area contributed by atoms with Crippen LogP contribution >= 0.6 is 0 Å². The first-order chi connectivity index (χ1) is 7.69. The van der Waals surface area contributed by atoms with Gasteiger partial charge in [0.1, 0.15) is 5.82 Å². The Morgan fingerprint density at radius 2 is 2.25 bits per heavy atom. The second kappa shape index (κ2) is 6.24. The van der Waals surface area contributed by atoms with E-state index >= 15 is 0 Å². The molecule has 0 aromatic heterocycles. The maximum Gasteiger partial charge on any atom is 0.129 e. The van der Waals surface area contributed by atoms with E-state index < -0.39 is 0 Å². The molecule has 1 unspecified atom stereocenters. The van der Waals surface area contributed by atoms with Crippen LogP contribution < -0.4 is 5.32 Å². The Morgan fingerprint density at radius 3 is 2.81 bits per heavy atom. The lowest BCUT2D eigenvalue weighted by Gasteiger charge is -2.14. The second-order valence-electron chi connectivity index (χ2n) is 3.88. The minimum Gasteiger partial charge on any atom is -0.310 e. The van der Waals surface area contributed by atoms with Crippen molar-refractivity contribution in [1.29, 1.82) is 5.26 Å². The van der Waals surface area contributed by atoms with Gasteiger partial charge in [-0.15, -0.1) is 0 Å². The minimum absolute atomic E-state index is 0.0145. The molecule has 0 saturated heterocycles. The fourth-order valence-corrected chi connectivity index (χ4v) is 1.55. The molecular formula is C13H17FN2. The molecule has 0 amide bonds. The van der Waals surface area contributed by atoms with Crippen LogP contribution in [0.2, 0.25) is 0 Å². The standard InChI is InChI=1S/C13H17FN2/c1-3-4-7-16-10(2)12-6-5-11(9-15)8-13(12)14/h5-6,8,10,16H,3-4,7H2,1-2H3. The lowest BCUT2D eigenvalue weighted by atomic mass is 10.1. The summed E-state index contributed by atoms with van der Waals surface area (Å²) >= 11 is 0. The number of halogens is 1. The van der Waals surface area contributed by atoms with Crippen LogP contribution in [0.3, 0.4) is 0 Å². The summed E-state index contributed by atoms with van der Waals surface area (Å²) in [6.07, 6.45) is 2.21. The van der Waals surface area contributed by atoms with Crippen molar-refractivity contribution in [3.05, 3.63) is 35.1 Å². The predicted octanol–water partition coefficient (Wildman–Crippen LogP) is 3.15. The first kappa shape index (κ1) is 12.7. The summed E-state index contributed by atoms with van der Waals surface area (Å²) in [5.74, 6) is -0.310. The van der Waals surface area contributed by atoms with E-state index in [-0.39, 0.29) is 11.9 Å². The molecule has 16 heavy (non-hydrogen) atoms. The zero-order valence-electron chi connectivity index (χ0n) is 9.76. The van der Waals surface area contributed by atoms with Crippen LogP contribution in [-0.2, 0) is 0 Å². The molecule has 0 saturated carbocycles. The number of nitrogens with one attached hydrogen (secondary N) is 1. The molecule has 2 nitrogen and oxygen atoms in total. The van der Waals surface area contributed by atoms with Crippen molar-refractivity contribution in [2.24, 2.45) is 0 Å². The van der Waals surface area contributed by atoms with Gasteiger partial charge >= 0.3 is 0 Å². The highest BCUT2D eigenvalue weighted by Gasteiger charge is 2.10. The summed E-state index contributed by atoms with van der Waals surface area (Å²) in [6.45, 7) is 4.94. The van der Waals surface area contributed by atoms with E-state index in [1.807, 2.05) is 13.0 Å². The fourth-order valence-electron chi connectivity index (χ4n) is 1.55. The third-order valence-electron chi connectivity index (χ3n) is 2.58. The maximum atomic E-state index is 13.6. The molecule has 1 N–H and O–H groups in total. The van der Waals surface area contributed by atoms with Crippen LogP contribution in [0, 0.1) is 17.1 Å². The zero-order chi connectivity index (χ0) is 12.0. The van der Waals surface area contributed by atoms with Gasteiger partial charge in [0.2, 0.25) is 0 Å². The maximum absolute atomic E-state index is 13.6. The summed E-state index contributed by atoms with van der Waals surface area (Å²) in [5.41, 5.74) is 0.983. The third-order valence-corrected chi connectivity index (χ3v) is 2.58. The lowest BCUT2D eigenvalue weighted by molar-refractivity contribution is 0.519. The van der Waals surface area contributed by atoms with Gasteiger partial charge in [-0.05, 0) is 32.0 Å². The molecule has 1 atom stereocenters. The van der Waals surface area contributed by atoms with E-state index in [0.717, 1.165) is 19.4 Å². The average Bonchev–Trinajstić information content (AvgIpc) is 2.29. The van der Waals surface area contributed by atoms with Gasteiger partial charge in [-0.25, -0.2) is 4.39 Å². The molecule has 0 heterocycles. The summed E-state index contributed by atoms with van der Waals surface area (Å²) in [7, 11) is 0. The van der Waals surface area contributed by atoms with Crippen LogP contribution in [0.25, 0.3) is 0 Å². The number of nitrogens with zero attached hydrogens (tertiary/aromatic N) is 1. The van der Waals surface area contributed by atoms with Gasteiger partial charge in [0.15, 0.2) is 0 Å². The van der Waals surface area contributed by atoms with E-state index in [1.54, 1.807) is 12.1 Å². The van der Waals surface area contributed by atoms with Crippen LogP contribution in [-0.4, -0.2) is 6.54 Å². The molecule has 0 spiro atoms. The number of nitriles is 1. The van der Waals surface area contributed by atoms with Gasteiger partial charge in [-0.2, -0.15) is 5.26 Å². The molecule has 0 aliphatic rings. The molecule has 0 fully saturated rings. The molecule has 0 radical (unpaired) electrons. The largest absolute Gasteiger partial charge is 0.310 e. The van der Waals surface area contributed by atoms with Crippen LogP contribution in [0.15, 0.2) is 18.2 Å². The highest BCUT2D eigenvalue weighted by molar-refractivity contribution is 5.34. The summed E-state index contributed by atoms with van der Waals surface area (Å²) in [6, 6.07) is 6.52. The summed E-state index contributed by atoms with van der Waals surface area (Å²) < 4.78 is 13.6. The van der Waals surface area contributed by atoms with Gasteiger partial charge in [-0.3, -0.25) is 0 Å². The SMILES string of the molecule is CCCCNC(C)c1ccc(C#N)cc1F. The Bertz CT molecular complexity index is 382. The molecule has 3 heteroatoms. The average molecular weight is 220 g/mol. The van der Waals surface area contributed by atoms with E-state index in [1.165, 1.54) is 6.07 Å². The molecular weight excluding hydrogens is 203 g/mol. The first-order valence-corrected chi connectivity index (χ1v) is 5.62. The molecule has 0 bridgehead atoms. The van der Waals surface area contributed by atoms with Crippen molar-refractivity contribution in [3.63, 3.8) is 0 Å². The number of unbranched alkanes of at least 4 members (excludes halogenated alkanes) is 1. The fraction of sp³-hybridized carbons (Fsp3) is 0.462. The van der Waals surface area contributed by atoms with Crippen LogP contribution in [0.5, 0.6) is 0 Å². The van der Waals surface area contributed by atoms with Gasteiger partial charge in [0, 0.05) is 11.6 Å². The lowest BCUT2D eigenvalue weighted by Crippen LogP contribution is -2.20. The third kappa shape index (κ3) is 3.32. The Balaban J connectivity index is 2.69. The monoisotopic (exact) mass is 220 g/mol. The number of hydrogen-bond donors (Lipinski definition) is 1. The van der Waals surface area contributed by atoms with Gasteiger partial charge in [-0.1, -0.05) is 19.4 Å². The Kier molecular flexibility index (Phi) is 4.94. The van der Waals surface area contributed by atoms with Gasteiger partial charge in [0.25, 0.3) is 0 Å². The molecule has 86 valence electrons. The van der Waals surface area contributed by atoms with E-state index in [9.17, 15) is 4.39 Å². The molecule has 1 aromatic carbocycles. The van der Waals surface area contributed by atoms with Crippen LogP contribution in [0.4, 0.5) is 4.39 Å². The highest BCUT2D eigenvalue weighted by atomic mass is 19.1. The zero-order valence-corrected chi connectivity index (χ0v) is 9.76. The Labute approximate surface area is 96.1 Å². The van der Waals surface area contributed by atoms with Crippen molar-refractivity contribution in [3.8, 4) is 6.07 Å². The minimum atomic E-state index is -0.310. The highest BCUT2D eigenvalue weighted by Crippen LogP contribution is 2.17. The summed E-state index contributed by atoms with van der Waals surface area (Å²) in [5, 5.41) is 11.9. The van der Waals surface area contributed by atoms with Crippen LogP contribution in [0.1, 0.15) is 43.9 Å². The van der Waals surface area contributed by atoms with Crippen molar-refractivity contribution >= 4 is 0 Å². The normalized spacial score (nSPS) is 12.1. The molecule has 1 aromatic rings. The number of benzene rings is 1. The number of rotatable bonds is 5. The molecule has 1 rings (SSSR count). The van der Waals surface area contributed by atoms with Gasteiger partial charge < -0.3 is 5.32 Å². The Hall–Kier alpha value is -1.40. The van der Waals surface area contributed by atoms with Crippen molar-refractivity contribution < 1.29 is 4.39 Å². The van der Waals surface area contributed by atoms with E-state index in [2.05, 4.69) is 12.2 Å².